The van der Waals surface area contributed by atoms with Crippen molar-refractivity contribution in [3.8, 4) is 0 Å². The summed E-state index contributed by atoms with van der Waals surface area (Å²) in [4.78, 5) is 31.3. The second-order valence-corrected chi connectivity index (χ2v) is 5.22. The van der Waals surface area contributed by atoms with E-state index in [0.29, 0.717) is 18.1 Å². The standard InChI is InChI=1S/C15H18N6O/c1-10-19-11(8-14(16-2)20-10)13-4-3-7-21(13)15(22)12-9-17-5-6-18-12/h5-6,8-9,13H,3-4,7H2,1-2H3,(H,16,19,20). The van der Waals surface area contributed by atoms with Gasteiger partial charge in [-0.3, -0.25) is 9.78 Å². The third-order valence-electron chi connectivity index (χ3n) is 3.75. The van der Waals surface area contributed by atoms with Crippen molar-refractivity contribution >= 4 is 11.7 Å². The molecule has 1 amide bonds. The van der Waals surface area contributed by atoms with E-state index in [9.17, 15) is 4.79 Å². The summed E-state index contributed by atoms with van der Waals surface area (Å²) >= 11 is 0. The number of carbonyl (C=O) groups is 1. The number of nitrogens with zero attached hydrogens (tertiary/aromatic N) is 5. The van der Waals surface area contributed by atoms with Crippen LogP contribution in [0.1, 0.15) is 40.9 Å². The lowest BCUT2D eigenvalue weighted by atomic mass is 10.1. The van der Waals surface area contributed by atoms with Crippen LogP contribution in [0.4, 0.5) is 5.82 Å². The maximum Gasteiger partial charge on any atom is 0.274 e. The van der Waals surface area contributed by atoms with Crippen LogP contribution < -0.4 is 5.32 Å². The van der Waals surface area contributed by atoms with Gasteiger partial charge in [-0.25, -0.2) is 15.0 Å². The van der Waals surface area contributed by atoms with Gasteiger partial charge in [-0.05, 0) is 19.8 Å². The molecule has 1 aliphatic rings. The lowest BCUT2D eigenvalue weighted by molar-refractivity contribution is 0.0726. The fourth-order valence-corrected chi connectivity index (χ4v) is 2.76. The first kappa shape index (κ1) is 14.4. The van der Waals surface area contributed by atoms with Gasteiger partial charge in [-0.1, -0.05) is 0 Å². The Kier molecular flexibility index (Phi) is 3.95. The summed E-state index contributed by atoms with van der Waals surface area (Å²) in [5, 5.41) is 3.03. The van der Waals surface area contributed by atoms with Gasteiger partial charge in [0.2, 0.25) is 0 Å². The van der Waals surface area contributed by atoms with Crippen molar-refractivity contribution in [1.29, 1.82) is 0 Å². The molecule has 1 atom stereocenters. The molecule has 1 aliphatic heterocycles. The summed E-state index contributed by atoms with van der Waals surface area (Å²) < 4.78 is 0. The zero-order chi connectivity index (χ0) is 15.5. The Balaban J connectivity index is 1.90. The van der Waals surface area contributed by atoms with E-state index in [2.05, 4.69) is 25.3 Å². The van der Waals surface area contributed by atoms with Crippen LogP contribution in [0, 0.1) is 6.92 Å². The molecule has 0 bridgehead atoms. The molecule has 0 aromatic carbocycles. The van der Waals surface area contributed by atoms with Crippen LogP contribution in [-0.2, 0) is 0 Å². The molecular weight excluding hydrogens is 280 g/mol. The SMILES string of the molecule is CNc1cc(C2CCCN2C(=O)c2cnccn2)nc(C)n1. The quantitative estimate of drug-likeness (QED) is 0.926. The number of hydrogen-bond donors (Lipinski definition) is 1. The molecule has 2 aromatic rings. The summed E-state index contributed by atoms with van der Waals surface area (Å²) in [5.41, 5.74) is 1.24. The van der Waals surface area contributed by atoms with E-state index in [1.807, 2.05) is 24.9 Å². The van der Waals surface area contributed by atoms with Crippen molar-refractivity contribution in [2.45, 2.75) is 25.8 Å². The maximum absolute atomic E-state index is 12.6. The van der Waals surface area contributed by atoms with Crippen molar-refractivity contribution in [2.75, 3.05) is 18.9 Å². The minimum Gasteiger partial charge on any atom is -0.373 e. The molecule has 7 heteroatoms. The van der Waals surface area contributed by atoms with Crippen molar-refractivity contribution < 1.29 is 4.79 Å². The van der Waals surface area contributed by atoms with E-state index in [-0.39, 0.29) is 11.9 Å². The first-order valence-electron chi connectivity index (χ1n) is 7.29. The summed E-state index contributed by atoms with van der Waals surface area (Å²) in [5.74, 6) is 1.36. The average molecular weight is 298 g/mol. The van der Waals surface area contributed by atoms with Gasteiger partial charge in [-0.2, -0.15) is 0 Å². The second kappa shape index (κ2) is 6.05. The van der Waals surface area contributed by atoms with Crippen LogP contribution in [0.2, 0.25) is 0 Å². The van der Waals surface area contributed by atoms with Crippen molar-refractivity contribution in [3.05, 3.63) is 41.9 Å². The Morgan fingerprint density at radius 1 is 1.36 bits per heavy atom. The van der Waals surface area contributed by atoms with Crippen LogP contribution >= 0.6 is 0 Å². The molecular formula is C15H18N6O. The zero-order valence-corrected chi connectivity index (χ0v) is 12.7. The van der Waals surface area contributed by atoms with Gasteiger partial charge in [0.15, 0.2) is 0 Å². The molecule has 0 spiro atoms. The van der Waals surface area contributed by atoms with E-state index in [1.54, 1.807) is 6.20 Å². The molecule has 0 aliphatic carbocycles. The zero-order valence-electron chi connectivity index (χ0n) is 12.7. The molecule has 3 rings (SSSR count). The van der Waals surface area contributed by atoms with Crippen LogP contribution in [-0.4, -0.2) is 44.3 Å². The largest absolute Gasteiger partial charge is 0.373 e. The predicted octanol–water partition coefficient (Wildman–Crippen LogP) is 1.59. The summed E-state index contributed by atoms with van der Waals surface area (Å²) in [6.45, 7) is 2.56. The summed E-state index contributed by atoms with van der Waals surface area (Å²) in [6.07, 6.45) is 6.44. The third kappa shape index (κ3) is 2.74. The van der Waals surface area contributed by atoms with Gasteiger partial charge < -0.3 is 10.2 Å². The first-order valence-corrected chi connectivity index (χ1v) is 7.29. The fourth-order valence-electron chi connectivity index (χ4n) is 2.76. The summed E-state index contributed by atoms with van der Waals surface area (Å²) in [7, 11) is 1.82. The number of anilines is 1. The highest BCUT2D eigenvalue weighted by Gasteiger charge is 2.32. The van der Waals surface area contributed by atoms with Crippen molar-refractivity contribution in [1.82, 2.24) is 24.8 Å². The molecule has 1 unspecified atom stereocenters. The van der Waals surface area contributed by atoms with Gasteiger partial charge in [0.05, 0.1) is 17.9 Å². The van der Waals surface area contributed by atoms with Crippen LogP contribution in [0.3, 0.4) is 0 Å². The minimum atomic E-state index is -0.0992. The number of likely N-dealkylation sites (tertiary alicyclic amines) is 1. The van der Waals surface area contributed by atoms with Crippen LogP contribution in [0.5, 0.6) is 0 Å². The highest BCUT2D eigenvalue weighted by Crippen LogP contribution is 2.32. The number of amides is 1. The third-order valence-corrected chi connectivity index (χ3v) is 3.75. The Hall–Kier alpha value is -2.57. The average Bonchev–Trinajstić information content (AvgIpc) is 3.04. The van der Waals surface area contributed by atoms with Crippen molar-refractivity contribution in [2.24, 2.45) is 0 Å². The summed E-state index contributed by atoms with van der Waals surface area (Å²) in [6, 6.07) is 1.86. The van der Waals surface area contributed by atoms with Gasteiger partial charge in [0.25, 0.3) is 5.91 Å². The first-order chi connectivity index (χ1) is 10.7. The highest BCUT2D eigenvalue weighted by atomic mass is 16.2. The molecule has 3 heterocycles. The fraction of sp³-hybridized carbons (Fsp3) is 0.400. The maximum atomic E-state index is 12.6. The molecule has 0 saturated carbocycles. The van der Waals surface area contributed by atoms with Crippen LogP contribution in [0.25, 0.3) is 0 Å². The van der Waals surface area contributed by atoms with Gasteiger partial charge >= 0.3 is 0 Å². The van der Waals surface area contributed by atoms with Gasteiger partial charge in [0, 0.05) is 32.1 Å². The monoisotopic (exact) mass is 298 g/mol. The smallest absolute Gasteiger partial charge is 0.274 e. The topological polar surface area (TPSA) is 83.9 Å². The van der Waals surface area contributed by atoms with E-state index < -0.39 is 0 Å². The predicted molar refractivity (Wildman–Crippen MR) is 81.4 cm³/mol. The molecule has 2 aromatic heterocycles. The van der Waals surface area contributed by atoms with Crippen LogP contribution in [0.15, 0.2) is 24.7 Å². The Bertz CT molecular complexity index is 675. The normalized spacial score (nSPS) is 17.5. The van der Waals surface area contributed by atoms with Gasteiger partial charge in [-0.15, -0.1) is 0 Å². The lowest BCUT2D eigenvalue weighted by Crippen LogP contribution is -2.31. The molecule has 114 valence electrons. The van der Waals surface area contributed by atoms with E-state index >= 15 is 0 Å². The second-order valence-electron chi connectivity index (χ2n) is 5.22. The molecule has 7 nitrogen and oxygen atoms in total. The minimum absolute atomic E-state index is 0.0386. The van der Waals surface area contributed by atoms with E-state index in [1.165, 1.54) is 12.4 Å². The number of carbonyl (C=O) groups excluding carboxylic acids is 1. The Morgan fingerprint density at radius 2 is 2.23 bits per heavy atom. The molecule has 1 fully saturated rings. The van der Waals surface area contributed by atoms with E-state index in [0.717, 1.165) is 24.4 Å². The van der Waals surface area contributed by atoms with E-state index in [4.69, 9.17) is 0 Å². The molecule has 1 N–H and O–H groups in total. The number of aromatic nitrogens is 4. The number of rotatable bonds is 3. The highest BCUT2D eigenvalue weighted by molar-refractivity contribution is 5.92. The Labute approximate surface area is 128 Å². The lowest BCUT2D eigenvalue weighted by Gasteiger charge is -2.24. The Morgan fingerprint density at radius 3 is 2.95 bits per heavy atom. The van der Waals surface area contributed by atoms with Crippen molar-refractivity contribution in [3.63, 3.8) is 0 Å². The molecule has 0 radical (unpaired) electrons. The molecule has 22 heavy (non-hydrogen) atoms. The number of aryl methyl sites for hydroxylation is 1. The number of nitrogens with one attached hydrogen (secondary N) is 1. The van der Waals surface area contributed by atoms with Gasteiger partial charge in [0.1, 0.15) is 17.3 Å². The molecule has 1 saturated heterocycles. The number of hydrogen-bond acceptors (Lipinski definition) is 6.